The van der Waals surface area contributed by atoms with Gasteiger partial charge in [-0.15, -0.1) is 0 Å². The summed E-state index contributed by atoms with van der Waals surface area (Å²) in [7, 11) is 1.87. The Kier molecular flexibility index (Phi) is 2.20. The molecular weight excluding hydrogens is 210 g/mol. The van der Waals surface area contributed by atoms with Crippen molar-refractivity contribution in [2.24, 2.45) is 33.0 Å². The van der Waals surface area contributed by atoms with E-state index in [9.17, 15) is 0 Å². The van der Waals surface area contributed by atoms with Crippen LogP contribution in [0.25, 0.3) is 0 Å². The number of hydrogen-bond donors (Lipinski definition) is 2. The molecule has 4 aliphatic rings. The van der Waals surface area contributed by atoms with Crippen LogP contribution in [0.5, 0.6) is 0 Å². The third kappa shape index (κ3) is 1.55. The van der Waals surface area contributed by atoms with E-state index in [2.05, 4.69) is 24.3 Å². The molecule has 0 amide bonds. The zero-order chi connectivity index (χ0) is 12.3. The van der Waals surface area contributed by atoms with E-state index in [-0.39, 0.29) is 5.41 Å². The van der Waals surface area contributed by atoms with Gasteiger partial charge in [0.2, 0.25) is 0 Å². The molecule has 3 N–H and O–H groups in total. The predicted octanol–water partition coefficient (Wildman–Crippen LogP) is 2.47. The Morgan fingerprint density at radius 2 is 1.71 bits per heavy atom. The van der Waals surface area contributed by atoms with Crippen molar-refractivity contribution in [1.29, 1.82) is 0 Å². The number of hydrogen-bond acceptors (Lipinski definition) is 2. The largest absolute Gasteiger partial charge is 0.312 e. The van der Waals surface area contributed by atoms with Crippen LogP contribution in [0.15, 0.2) is 4.99 Å². The molecule has 0 aliphatic heterocycles. The second-order valence-corrected chi connectivity index (χ2v) is 7.63. The molecule has 2 atom stereocenters. The molecule has 3 heteroatoms. The van der Waals surface area contributed by atoms with Gasteiger partial charge in [-0.2, -0.15) is 0 Å². The van der Waals surface area contributed by atoms with Crippen LogP contribution < -0.4 is 11.3 Å². The minimum atomic E-state index is 0.256. The van der Waals surface area contributed by atoms with Gasteiger partial charge in [0.05, 0.1) is 0 Å². The quantitative estimate of drug-likeness (QED) is 0.317. The maximum atomic E-state index is 5.71. The molecule has 4 saturated carbocycles. The van der Waals surface area contributed by atoms with Gasteiger partial charge in [-0.05, 0) is 55.3 Å². The third-order valence-corrected chi connectivity index (χ3v) is 5.49. The summed E-state index contributed by atoms with van der Waals surface area (Å²) in [6.45, 7) is 4.96. The van der Waals surface area contributed by atoms with Crippen LogP contribution in [-0.4, -0.2) is 12.9 Å². The van der Waals surface area contributed by atoms with Crippen molar-refractivity contribution in [2.45, 2.75) is 52.4 Å². The Morgan fingerprint density at radius 1 is 1.12 bits per heavy atom. The van der Waals surface area contributed by atoms with Gasteiger partial charge < -0.3 is 5.43 Å². The number of nitrogens with zero attached hydrogens (tertiary/aromatic N) is 1. The first kappa shape index (κ1) is 11.5. The van der Waals surface area contributed by atoms with E-state index < -0.39 is 0 Å². The van der Waals surface area contributed by atoms with E-state index in [1.54, 1.807) is 0 Å². The second-order valence-electron chi connectivity index (χ2n) is 7.63. The number of amidine groups is 1. The molecule has 3 nitrogen and oxygen atoms in total. The molecule has 4 rings (SSSR count). The normalized spacial score (nSPS) is 52.9. The van der Waals surface area contributed by atoms with Crippen LogP contribution in [-0.2, 0) is 0 Å². The lowest BCUT2D eigenvalue weighted by molar-refractivity contribution is -0.117. The average Bonchev–Trinajstić information content (AvgIpc) is 2.12. The van der Waals surface area contributed by atoms with Crippen molar-refractivity contribution in [3.8, 4) is 0 Å². The summed E-state index contributed by atoms with van der Waals surface area (Å²) in [4.78, 5) is 4.44. The standard InChI is InChI=1S/C14H25N3/c1-12-4-10-5-13(2,7-12)9-14(6-10,8-12)11(16-3)17-15/h10H,4-9,15H2,1-3H3,(H,16,17). The van der Waals surface area contributed by atoms with Gasteiger partial charge in [-0.25, -0.2) is 5.84 Å². The topological polar surface area (TPSA) is 50.4 Å². The Balaban J connectivity index is 2.03. The summed E-state index contributed by atoms with van der Waals surface area (Å²) in [5.41, 5.74) is 4.21. The number of hydrazine groups is 1. The Bertz CT molecular complexity index is 356. The Hall–Kier alpha value is -0.570. The molecule has 4 bridgehead atoms. The average molecular weight is 235 g/mol. The fourth-order valence-corrected chi connectivity index (χ4v) is 6.17. The van der Waals surface area contributed by atoms with Gasteiger partial charge in [0.25, 0.3) is 0 Å². The SMILES string of the molecule is CN=C(NN)C12CC3CC(C)(CC(C)(C3)C1)C2. The molecule has 4 fully saturated rings. The summed E-state index contributed by atoms with van der Waals surface area (Å²) in [5, 5.41) is 0. The molecule has 0 radical (unpaired) electrons. The number of aliphatic imine (C=N–C) groups is 1. The van der Waals surface area contributed by atoms with Crippen LogP contribution in [0.3, 0.4) is 0 Å². The molecule has 17 heavy (non-hydrogen) atoms. The molecule has 0 aromatic rings. The fourth-order valence-electron chi connectivity index (χ4n) is 6.17. The zero-order valence-corrected chi connectivity index (χ0v) is 11.3. The molecule has 0 aromatic heterocycles. The second kappa shape index (κ2) is 3.25. The molecular formula is C14H25N3. The van der Waals surface area contributed by atoms with E-state index in [0.717, 1.165) is 11.8 Å². The van der Waals surface area contributed by atoms with Crippen LogP contribution in [0, 0.1) is 22.2 Å². The third-order valence-electron chi connectivity index (χ3n) is 5.49. The summed E-state index contributed by atoms with van der Waals surface area (Å²) >= 11 is 0. The number of rotatable bonds is 1. The first-order valence-corrected chi connectivity index (χ1v) is 6.87. The number of nitrogens with one attached hydrogen (secondary N) is 1. The summed E-state index contributed by atoms with van der Waals surface area (Å²) in [5.74, 6) is 7.66. The highest BCUT2D eigenvalue weighted by Gasteiger charge is 2.61. The molecule has 0 heterocycles. The Labute approximate surface area is 104 Å². The number of nitrogens with two attached hydrogens (primary N) is 1. The predicted molar refractivity (Wildman–Crippen MR) is 70.5 cm³/mol. The van der Waals surface area contributed by atoms with E-state index >= 15 is 0 Å². The van der Waals surface area contributed by atoms with E-state index in [1.165, 1.54) is 38.5 Å². The lowest BCUT2D eigenvalue weighted by Gasteiger charge is -2.65. The monoisotopic (exact) mass is 235 g/mol. The van der Waals surface area contributed by atoms with E-state index in [1.807, 2.05) is 7.05 Å². The van der Waals surface area contributed by atoms with Gasteiger partial charge in [0, 0.05) is 12.5 Å². The van der Waals surface area contributed by atoms with Gasteiger partial charge >= 0.3 is 0 Å². The maximum Gasteiger partial charge on any atom is 0.116 e. The smallest absolute Gasteiger partial charge is 0.116 e. The highest BCUT2D eigenvalue weighted by atomic mass is 15.3. The summed E-state index contributed by atoms with van der Waals surface area (Å²) in [6.07, 6.45) is 8.11. The van der Waals surface area contributed by atoms with Crippen molar-refractivity contribution in [2.75, 3.05) is 7.05 Å². The van der Waals surface area contributed by atoms with Crippen molar-refractivity contribution < 1.29 is 0 Å². The fraction of sp³-hybridized carbons (Fsp3) is 0.929. The molecule has 4 aliphatic carbocycles. The van der Waals surface area contributed by atoms with Gasteiger partial charge in [0.15, 0.2) is 0 Å². The van der Waals surface area contributed by atoms with Crippen LogP contribution in [0.4, 0.5) is 0 Å². The van der Waals surface area contributed by atoms with Gasteiger partial charge in [0.1, 0.15) is 5.84 Å². The summed E-state index contributed by atoms with van der Waals surface area (Å²) in [6, 6.07) is 0. The molecule has 96 valence electrons. The van der Waals surface area contributed by atoms with Gasteiger partial charge in [-0.3, -0.25) is 4.99 Å². The minimum Gasteiger partial charge on any atom is -0.312 e. The van der Waals surface area contributed by atoms with Crippen molar-refractivity contribution >= 4 is 5.84 Å². The summed E-state index contributed by atoms with van der Waals surface area (Å²) < 4.78 is 0. The Morgan fingerprint density at radius 3 is 2.12 bits per heavy atom. The minimum absolute atomic E-state index is 0.256. The molecule has 0 aromatic carbocycles. The highest BCUT2D eigenvalue weighted by molar-refractivity contribution is 5.88. The molecule has 0 spiro atoms. The first-order chi connectivity index (χ1) is 7.93. The van der Waals surface area contributed by atoms with Crippen LogP contribution in [0.2, 0.25) is 0 Å². The molecule has 0 saturated heterocycles. The zero-order valence-electron chi connectivity index (χ0n) is 11.3. The lowest BCUT2D eigenvalue weighted by Crippen LogP contribution is -2.60. The van der Waals surface area contributed by atoms with Crippen LogP contribution >= 0.6 is 0 Å². The maximum absolute atomic E-state index is 5.71. The van der Waals surface area contributed by atoms with Crippen molar-refractivity contribution in [3.63, 3.8) is 0 Å². The van der Waals surface area contributed by atoms with Crippen molar-refractivity contribution in [3.05, 3.63) is 0 Å². The lowest BCUT2D eigenvalue weighted by atomic mass is 9.40. The van der Waals surface area contributed by atoms with Crippen molar-refractivity contribution in [1.82, 2.24) is 5.43 Å². The van der Waals surface area contributed by atoms with E-state index in [4.69, 9.17) is 5.84 Å². The van der Waals surface area contributed by atoms with Gasteiger partial charge in [-0.1, -0.05) is 13.8 Å². The first-order valence-electron chi connectivity index (χ1n) is 6.87. The molecule has 2 unspecified atom stereocenters. The van der Waals surface area contributed by atoms with E-state index in [0.29, 0.717) is 10.8 Å². The highest BCUT2D eigenvalue weighted by Crippen LogP contribution is 2.69. The van der Waals surface area contributed by atoms with Crippen LogP contribution in [0.1, 0.15) is 52.4 Å².